The third-order valence-electron chi connectivity index (χ3n) is 3.81. The van der Waals surface area contributed by atoms with E-state index in [1.165, 1.54) is 16.7 Å². The molecule has 3 N–H and O–H groups in total. The average molecular weight is 281 g/mol. The molecule has 3 aromatic rings. The number of imidazole rings is 1. The van der Waals surface area contributed by atoms with Crippen LogP contribution in [0.25, 0.3) is 11.0 Å². The van der Waals surface area contributed by atoms with Crippen LogP contribution in [0.3, 0.4) is 0 Å². The second kappa shape index (κ2) is 5.58. The molecule has 21 heavy (non-hydrogen) atoms. The molecule has 1 atom stereocenters. The topological polar surface area (TPSA) is 60.7 Å². The summed E-state index contributed by atoms with van der Waals surface area (Å²) in [6, 6.07) is 14.8. The maximum absolute atomic E-state index is 11.3. The Morgan fingerprint density at radius 2 is 1.90 bits per heavy atom. The highest BCUT2D eigenvalue weighted by Gasteiger charge is 2.11. The number of aromatic amines is 2. The summed E-state index contributed by atoms with van der Waals surface area (Å²) in [5, 5.41) is 3.36. The third kappa shape index (κ3) is 2.90. The molecule has 0 saturated heterocycles. The highest BCUT2D eigenvalue weighted by molar-refractivity contribution is 5.75. The van der Waals surface area contributed by atoms with E-state index >= 15 is 0 Å². The number of aromatic nitrogens is 2. The van der Waals surface area contributed by atoms with Gasteiger partial charge in [0.2, 0.25) is 0 Å². The van der Waals surface area contributed by atoms with Crippen molar-refractivity contribution in [1.29, 1.82) is 0 Å². The Morgan fingerprint density at radius 1 is 1.10 bits per heavy atom. The van der Waals surface area contributed by atoms with Gasteiger partial charge in [-0.25, -0.2) is 4.79 Å². The smallest absolute Gasteiger partial charge is 0.313 e. The molecule has 3 rings (SSSR count). The van der Waals surface area contributed by atoms with Crippen molar-refractivity contribution < 1.29 is 0 Å². The SMILES string of the molecule is CNC(Cc1cccc(C)c1)c1ccc2[nH]c(=O)[nH]c2c1. The Morgan fingerprint density at radius 3 is 2.67 bits per heavy atom. The summed E-state index contributed by atoms with van der Waals surface area (Å²) in [4.78, 5) is 16.9. The number of aryl methyl sites for hydroxylation is 1. The van der Waals surface area contributed by atoms with Crippen molar-refractivity contribution >= 4 is 11.0 Å². The van der Waals surface area contributed by atoms with Crippen LogP contribution in [0.2, 0.25) is 0 Å². The van der Waals surface area contributed by atoms with Crippen molar-refractivity contribution in [3.63, 3.8) is 0 Å². The Kier molecular flexibility index (Phi) is 3.62. The van der Waals surface area contributed by atoms with Gasteiger partial charge in [-0.3, -0.25) is 0 Å². The van der Waals surface area contributed by atoms with E-state index in [1.807, 2.05) is 19.2 Å². The van der Waals surface area contributed by atoms with Crippen LogP contribution in [0.15, 0.2) is 47.3 Å². The second-order valence-corrected chi connectivity index (χ2v) is 5.42. The molecule has 4 nitrogen and oxygen atoms in total. The highest BCUT2D eigenvalue weighted by atomic mass is 16.1. The van der Waals surface area contributed by atoms with Gasteiger partial charge in [0, 0.05) is 6.04 Å². The number of rotatable bonds is 4. The van der Waals surface area contributed by atoms with E-state index in [0.717, 1.165) is 17.5 Å². The molecule has 0 fully saturated rings. The number of likely N-dealkylation sites (N-methyl/N-ethyl adjacent to an activating group) is 1. The Labute approximate surface area is 123 Å². The summed E-state index contributed by atoms with van der Waals surface area (Å²) in [6.45, 7) is 2.11. The fourth-order valence-electron chi connectivity index (χ4n) is 2.73. The summed E-state index contributed by atoms with van der Waals surface area (Å²) in [7, 11) is 1.96. The lowest BCUT2D eigenvalue weighted by molar-refractivity contribution is 0.592. The molecular formula is C17H19N3O. The molecule has 0 aliphatic carbocycles. The zero-order valence-electron chi connectivity index (χ0n) is 12.2. The molecule has 0 saturated carbocycles. The lowest BCUT2D eigenvalue weighted by atomic mass is 9.98. The third-order valence-corrected chi connectivity index (χ3v) is 3.81. The molecule has 1 heterocycles. The molecule has 108 valence electrons. The van der Waals surface area contributed by atoms with E-state index in [2.05, 4.69) is 52.5 Å². The fourth-order valence-corrected chi connectivity index (χ4v) is 2.73. The van der Waals surface area contributed by atoms with Crippen molar-refractivity contribution in [2.75, 3.05) is 7.05 Å². The first kappa shape index (κ1) is 13.6. The van der Waals surface area contributed by atoms with Gasteiger partial charge in [0.25, 0.3) is 0 Å². The molecule has 0 bridgehead atoms. The van der Waals surface area contributed by atoms with Crippen LogP contribution in [0, 0.1) is 6.92 Å². The van der Waals surface area contributed by atoms with Crippen LogP contribution >= 0.6 is 0 Å². The van der Waals surface area contributed by atoms with E-state index in [4.69, 9.17) is 0 Å². The van der Waals surface area contributed by atoms with Gasteiger partial charge >= 0.3 is 5.69 Å². The van der Waals surface area contributed by atoms with Crippen LogP contribution in [-0.2, 0) is 6.42 Å². The molecule has 4 heteroatoms. The summed E-state index contributed by atoms with van der Waals surface area (Å²) in [5.41, 5.74) is 5.27. The zero-order chi connectivity index (χ0) is 14.8. The maximum Gasteiger partial charge on any atom is 0.323 e. The molecule has 0 radical (unpaired) electrons. The van der Waals surface area contributed by atoms with Gasteiger partial charge < -0.3 is 15.3 Å². The van der Waals surface area contributed by atoms with Gasteiger partial charge in [0.05, 0.1) is 11.0 Å². The van der Waals surface area contributed by atoms with E-state index in [0.29, 0.717) is 0 Å². The van der Waals surface area contributed by atoms with Crippen molar-refractivity contribution in [1.82, 2.24) is 15.3 Å². The van der Waals surface area contributed by atoms with Gasteiger partial charge in [-0.05, 0) is 43.7 Å². The molecule has 1 aromatic heterocycles. The fraction of sp³-hybridized carbons (Fsp3) is 0.235. The second-order valence-electron chi connectivity index (χ2n) is 5.42. The molecule has 0 amide bonds. The number of benzene rings is 2. The van der Waals surface area contributed by atoms with Crippen LogP contribution in [0.1, 0.15) is 22.7 Å². The predicted octanol–water partition coefficient (Wildman–Crippen LogP) is 2.67. The van der Waals surface area contributed by atoms with Crippen molar-refractivity contribution in [3.05, 3.63) is 69.6 Å². The van der Waals surface area contributed by atoms with Gasteiger partial charge in [-0.2, -0.15) is 0 Å². The molecule has 0 spiro atoms. The Bertz CT molecular complexity index is 816. The first-order valence-electron chi connectivity index (χ1n) is 7.10. The van der Waals surface area contributed by atoms with Gasteiger partial charge in [0.1, 0.15) is 0 Å². The van der Waals surface area contributed by atoms with E-state index in [9.17, 15) is 4.79 Å². The van der Waals surface area contributed by atoms with E-state index in [1.54, 1.807) is 0 Å². The number of fused-ring (bicyclic) bond motifs is 1. The zero-order valence-corrected chi connectivity index (χ0v) is 12.2. The molecule has 1 unspecified atom stereocenters. The quantitative estimate of drug-likeness (QED) is 0.688. The minimum atomic E-state index is -0.165. The normalized spacial score (nSPS) is 12.7. The lowest BCUT2D eigenvalue weighted by Gasteiger charge is -2.17. The van der Waals surface area contributed by atoms with E-state index in [-0.39, 0.29) is 11.7 Å². The van der Waals surface area contributed by atoms with Gasteiger partial charge in [0.15, 0.2) is 0 Å². The average Bonchev–Trinajstić information content (AvgIpc) is 2.84. The summed E-state index contributed by atoms with van der Waals surface area (Å²) in [6.07, 6.45) is 0.915. The first-order valence-corrected chi connectivity index (χ1v) is 7.10. The minimum Gasteiger partial charge on any atom is -0.313 e. The predicted molar refractivity (Wildman–Crippen MR) is 85.6 cm³/mol. The van der Waals surface area contributed by atoms with Crippen LogP contribution in [0.4, 0.5) is 0 Å². The molecule has 2 aromatic carbocycles. The summed E-state index contributed by atoms with van der Waals surface area (Å²) in [5.74, 6) is 0. The molecule has 0 aliphatic rings. The summed E-state index contributed by atoms with van der Waals surface area (Å²) < 4.78 is 0. The van der Waals surface area contributed by atoms with Gasteiger partial charge in [-0.15, -0.1) is 0 Å². The van der Waals surface area contributed by atoms with Crippen LogP contribution < -0.4 is 11.0 Å². The Balaban J connectivity index is 1.92. The molecular weight excluding hydrogens is 262 g/mol. The van der Waals surface area contributed by atoms with Crippen LogP contribution in [-0.4, -0.2) is 17.0 Å². The van der Waals surface area contributed by atoms with Gasteiger partial charge in [-0.1, -0.05) is 35.9 Å². The lowest BCUT2D eigenvalue weighted by Crippen LogP contribution is -2.18. The van der Waals surface area contributed by atoms with Crippen molar-refractivity contribution in [2.24, 2.45) is 0 Å². The monoisotopic (exact) mass is 281 g/mol. The number of hydrogen-bond donors (Lipinski definition) is 3. The largest absolute Gasteiger partial charge is 0.323 e. The standard InChI is InChI=1S/C17H19N3O/c1-11-4-3-5-12(8-11)9-15(18-2)13-6-7-14-16(10-13)20-17(21)19-14/h3-8,10,15,18H,9H2,1-2H3,(H2,19,20,21). The van der Waals surface area contributed by atoms with E-state index < -0.39 is 0 Å². The van der Waals surface area contributed by atoms with Crippen LogP contribution in [0.5, 0.6) is 0 Å². The minimum absolute atomic E-state index is 0.165. The number of H-pyrrole nitrogens is 2. The molecule has 0 aliphatic heterocycles. The number of hydrogen-bond acceptors (Lipinski definition) is 2. The van der Waals surface area contributed by atoms with Crippen molar-refractivity contribution in [3.8, 4) is 0 Å². The highest BCUT2D eigenvalue weighted by Crippen LogP contribution is 2.21. The number of nitrogens with one attached hydrogen (secondary N) is 3. The first-order chi connectivity index (χ1) is 10.2. The maximum atomic E-state index is 11.3. The summed E-state index contributed by atoms with van der Waals surface area (Å²) >= 11 is 0. The van der Waals surface area contributed by atoms with Crippen molar-refractivity contribution in [2.45, 2.75) is 19.4 Å². The Hall–Kier alpha value is -2.33.